The van der Waals surface area contributed by atoms with Crippen LogP contribution in [0.15, 0.2) is 60.8 Å². The van der Waals surface area contributed by atoms with Gasteiger partial charge in [-0.15, -0.1) is 0 Å². The first-order valence-electron chi connectivity index (χ1n) is 10.9. The minimum Gasteiger partial charge on any atom is -0.465 e. The summed E-state index contributed by atoms with van der Waals surface area (Å²) in [5.74, 6) is -3.30. The maximum absolute atomic E-state index is 13.1. The molecule has 0 spiro atoms. The van der Waals surface area contributed by atoms with E-state index in [9.17, 15) is 27.6 Å². The monoisotopic (exact) mass is 487 g/mol. The Bertz CT molecular complexity index is 1210. The molecule has 0 aliphatic rings. The number of hydrogen-bond acceptors (Lipinski definition) is 5. The van der Waals surface area contributed by atoms with Crippen molar-refractivity contribution in [1.29, 1.82) is 0 Å². The molecule has 2 atom stereocenters. The smallest absolute Gasteiger partial charge is 0.416 e. The van der Waals surface area contributed by atoms with Crippen LogP contribution in [0.25, 0.3) is 10.9 Å². The molecule has 2 aromatic carbocycles. The maximum Gasteiger partial charge on any atom is 0.416 e. The highest BCUT2D eigenvalue weighted by molar-refractivity contribution is 6.02. The number of pyridine rings is 1. The molecule has 7 nitrogen and oxygen atoms in total. The number of amides is 2. The summed E-state index contributed by atoms with van der Waals surface area (Å²) in [5.41, 5.74) is 0.658. The van der Waals surface area contributed by atoms with Crippen molar-refractivity contribution in [2.75, 3.05) is 11.9 Å². The van der Waals surface area contributed by atoms with Crippen LogP contribution in [0.4, 0.5) is 18.9 Å². The lowest BCUT2D eigenvalue weighted by molar-refractivity contribution is -0.152. The van der Waals surface area contributed by atoms with Crippen molar-refractivity contribution in [1.82, 2.24) is 10.3 Å². The number of benzene rings is 2. The van der Waals surface area contributed by atoms with E-state index in [2.05, 4.69) is 15.6 Å². The van der Waals surface area contributed by atoms with E-state index in [1.165, 1.54) is 25.3 Å². The Balaban J connectivity index is 1.81. The number of anilines is 1. The number of hydrogen-bond donors (Lipinski definition) is 2. The highest BCUT2D eigenvalue weighted by atomic mass is 19.4. The van der Waals surface area contributed by atoms with Crippen molar-refractivity contribution in [2.24, 2.45) is 5.92 Å². The van der Waals surface area contributed by atoms with Gasteiger partial charge in [-0.05, 0) is 43.7 Å². The standard InChI is InChI=1S/C25H24F3N3O4/c1-3-35-24(34)15(2)22(32)31-21(12-16-8-10-18(11-9-16)25(26,27)28)23(33)30-19-13-17-6-4-5-7-20(17)29-14-19/h4-11,13-15,21H,3,12H2,1-2H3,(H,30,33)(H,31,32)/t15?,21-/m0/s1. The maximum atomic E-state index is 13.1. The first-order chi connectivity index (χ1) is 16.6. The van der Waals surface area contributed by atoms with Gasteiger partial charge in [-0.2, -0.15) is 13.2 Å². The van der Waals surface area contributed by atoms with E-state index in [0.29, 0.717) is 11.3 Å². The lowest BCUT2D eigenvalue weighted by Gasteiger charge is -2.21. The van der Waals surface area contributed by atoms with Crippen molar-refractivity contribution in [2.45, 2.75) is 32.5 Å². The average Bonchev–Trinajstić information content (AvgIpc) is 2.82. The molecule has 0 aliphatic carbocycles. The Morgan fingerprint density at radius 2 is 1.71 bits per heavy atom. The van der Waals surface area contributed by atoms with E-state index in [1.807, 2.05) is 24.3 Å². The molecule has 0 saturated carbocycles. The molecule has 2 N–H and O–H groups in total. The van der Waals surface area contributed by atoms with Crippen LogP contribution in [-0.2, 0) is 31.7 Å². The Kier molecular flexibility index (Phi) is 8.06. The number of rotatable bonds is 8. The lowest BCUT2D eigenvalue weighted by atomic mass is 10.0. The fourth-order valence-corrected chi connectivity index (χ4v) is 3.31. The number of para-hydroxylation sites is 1. The van der Waals surface area contributed by atoms with Gasteiger partial charge in [-0.25, -0.2) is 0 Å². The van der Waals surface area contributed by atoms with Crippen molar-refractivity contribution in [3.05, 3.63) is 71.9 Å². The average molecular weight is 487 g/mol. The van der Waals surface area contributed by atoms with Gasteiger partial charge in [0.2, 0.25) is 11.8 Å². The van der Waals surface area contributed by atoms with Gasteiger partial charge in [-0.1, -0.05) is 30.3 Å². The zero-order chi connectivity index (χ0) is 25.6. The fraction of sp³-hybridized carbons (Fsp3) is 0.280. The molecule has 1 heterocycles. The minimum atomic E-state index is -4.50. The van der Waals surface area contributed by atoms with Gasteiger partial charge in [0.05, 0.1) is 29.6 Å². The van der Waals surface area contributed by atoms with Crippen LogP contribution < -0.4 is 10.6 Å². The van der Waals surface area contributed by atoms with Gasteiger partial charge in [-0.3, -0.25) is 19.4 Å². The Morgan fingerprint density at radius 3 is 2.37 bits per heavy atom. The molecule has 0 fully saturated rings. The van der Waals surface area contributed by atoms with Gasteiger partial charge in [0.1, 0.15) is 12.0 Å². The van der Waals surface area contributed by atoms with Crippen LogP contribution in [0.5, 0.6) is 0 Å². The first kappa shape index (κ1) is 25.7. The number of aromatic nitrogens is 1. The number of nitrogens with zero attached hydrogens (tertiary/aromatic N) is 1. The van der Waals surface area contributed by atoms with Gasteiger partial charge in [0.15, 0.2) is 0 Å². The number of alkyl halides is 3. The van der Waals surface area contributed by atoms with Crippen LogP contribution >= 0.6 is 0 Å². The molecule has 2 amide bonds. The second-order valence-corrected chi connectivity index (χ2v) is 7.84. The number of nitrogens with one attached hydrogen (secondary N) is 2. The van der Waals surface area contributed by atoms with Crippen LogP contribution in [0, 0.1) is 5.92 Å². The first-order valence-corrected chi connectivity index (χ1v) is 10.9. The van der Waals surface area contributed by atoms with E-state index in [1.54, 1.807) is 13.0 Å². The zero-order valence-electron chi connectivity index (χ0n) is 19.1. The van der Waals surface area contributed by atoms with Crippen LogP contribution in [-0.4, -0.2) is 35.4 Å². The summed E-state index contributed by atoms with van der Waals surface area (Å²) in [6.45, 7) is 3.02. The molecular formula is C25H24F3N3O4. The third-order valence-corrected chi connectivity index (χ3v) is 5.25. The van der Waals surface area contributed by atoms with E-state index < -0.39 is 41.5 Å². The summed E-state index contributed by atoms with van der Waals surface area (Å²) >= 11 is 0. The van der Waals surface area contributed by atoms with E-state index in [0.717, 1.165) is 23.0 Å². The number of fused-ring (bicyclic) bond motifs is 1. The van der Waals surface area contributed by atoms with Crippen molar-refractivity contribution < 1.29 is 32.3 Å². The summed E-state index contributed by atoms with van der Waals surface area (Å²) in [5, 5.41) is 5.97. The lowest BCUT2D eigenvalue weighted by Crippen LogP contribution is -2.48. The molecule has 10 heteroatoms. The normalized spacial score (nSPS) is 13.1. The Hall–Kier alpha value is -3.95. The molecule has 1 unspecified atom stereocenters. The fourth-order valence-electron chi connectivity index (χ4n) is 3.31. The van der Waals surface area contributed by atoms with Crippen LogP contribution in [0.3, 0.4) is 0 Å². The Morgan fingerprint density at radius 1 is 1.03 bits per heavy atom. The summed E-state index contributed by atoms with van der Waals surface area (Å²) in [6.07, 6.45) is -3.15. The predicted molar refractivity (Wildman–Crippen MR) is 123 cm³/mol. The largest absolute Gasteiger partial charge is 0.465 e. The van der Waals surface area contributed by atoms with Crippen molar-refractivity contribution in [3.63, 3.8) is 0 Å². The SMILES string of the molecule is CCOC(=O)C(C)C(=O)N[C@@H](Cc1ccc(C(F)(F)F)cc1)C(=O)Nc1cnc2ccccc2c1. The summed E-state index contributed by atoms with van der Waals surface area (Å²) in [6, 6.07) is 12.1. The molecule has 0 saturated heterocycles. The molecule has 3 rings (SSSR count). The quantitative estimate of drug-likeness (QED) is 0.368. The zero-order valence-corrected chi connectivity index (χ0v) is 19.1. The summed E-state index contributed by atoms with van der Waals surface area (Å²) in [7, 11) is 0. The highest BCUT2D eigenvalue weighted by Gasteiger charge is 2.31. The Labute approximate surface area is 199 Å². The van der Waals surface area contributed by atoms with Crippen molar-refractivity contribution in [3.8, 4) is 0 Å². The van der Waals surface area contributed by atoms with Crippen LogP contribution in [0.2, 0.25) is 0 Å². The van der Waals surface area contributed by atoms with Crippen molar-refractivity contribution >= 4 is 34.4 Å². The molecule has 0 radical (unpaired) electrons. The molecule has 1 aromatic heterocycles. The number of carbonyl (C=O) groups excluding carboxylic acids is 3. The second kappa shape index (κ2) is 11.0. The number of esters is 1. The van der Waals surface area contributed by atoms with E-state index in [4.69, 9.17) is 4.74 Å². The topological polar surface area (TPSA) is 97.4 Å². The molecule has 0 bridgehead atoms. The molecule has 0 aliphatic heterocycles. The number of carbonyl (C=O) groups is 3. The molecule has 3 aromatic rings. The van der Waals surface area contributed by atoms with Crippen LogP contribution in [0.1, 0.15) is 25.0 Å². The van der Waals surface area contributed by atoms with E-state index in [-0.39, 0.29) is 13.0 Å². The minimum absolute atomic E-state index is 0.0842. The van der Waals surface area contributed by atoms with Gasteiger partial charge >= 0.3 is 12.1 Å². The van der Waals surface area contributed by atoms with Gasteiger partial charge < -0.3 is 15.4 Å². The number of ether oxygens (including phenoxy) is 1. The molecule has 184 valence electrons. The predicted octanol–water partition coefficient (Wildman–Crippen LogP) is 4.12. The third-order valence-electron chi connectivity index (χ3n) is 5.25. The van der Waals surface area contributed by atoms with Gasteiger partial charge in [0.25, 0.3) is 0 Å². The third kappa shape index (κ3) is 6.78. The van der Waals surface area contributed by atoms with E-state index >= 15 is 0 Å². The number of halogens is 3. The molecular weight excluding hydrogens is 463 g/mol. The van der Waals surface area contributed by atoms with Gasteiger partial charge in [0, 0.05) is 11.8 Å². The second-order valence-electron chi connectivity index (χ2n) is 7.84. The highest BCUT2D eigenvalue weighted by Crippen LogP contribution is 2.29. The molecule has 35 heavy (non-hydrogen) atoms. The summed E-state index contributed by atoms with van der Waals surface area (Å²) < 4.78 is 43.5. The summed E-state index contributed by atoms with van der Waals surface area (Å²) in [4.78, 5) is 41.9.